The zero-order valence-corrected chi connectivity index (χ0v) is 14.5. The van der Waals surface area contributed by atoms with Gasteiger partial charge >= 0.3 is 0 Å². The molecule has 1 heterocycles. The molecule has 1 fully saturated rings. The van der Waals surface area contributed by atoms with E-state index in [9.17, 15) is 5.11 Å². The van der Waals surface area contributed by atoms with Crippen LogP contribution in [0.15, 0.2) is 42.0 Å². The topological polar surface area (TPSA) is 23.5 Å². The van der Waals surface area contributed by atoms with Gasteiger partial charge in [0.1, 0.15) is 0 Å². The number of allylic oxidation sites excluding steroid dienone is 1. The van der Waals surface area contributed by atoms with Gasteiger partial charge in [-0.1, -0.05) is 55.3 Å². The quantitative estimate of drug-likeness (QED) is 0.769. The van der Waals surface area contributed by atoms with Gasteiger partial charge in [-0.05, 0) is 56.6 Å². The maximum absolute atomic E-state index is 10.1. The summed E-state index contributed by atoms with van der Waals surface area (Å²) in [5.74, 6) is 0.724. The van der Waals surface area contributed by atoms with E-state index in [0.717, 1.165) is 12.5 Å². The number of piperidine rings is 1. The predicted octanol–water partition coefficient (Wildman–Crippen LogP) is 4.71. The average Bonchev–Trinajstić information content (AvgIpc) is 2.62. The number of aliphatic hydroxyl groups is 1. The van der Waals surface area contributed by atoms with Crippen LogP contribution in [-0.2, 0) is 0 Å². The molecule has 0 radical (unpaired) electrons. The molecule has 23 heavy (non-hydrogen) atoms. The van der Waals surface area contributed by atoms with E-state index >= 15 is 0 Å². The molecule has 2 heteroatoms. The van der Waals surface area contributed by atoms with Gasteiger partial charge in [0, 0.05) is 6.04 Å². The molecule has 1 aromatic rings. The average molecular weight is 313 g/mol. The fourth-order valence-electron chi connectivity index (χ4n) is 4.61. The Morgan fingerprint density at radius 3 is 2.78 bits per heavy atom. The number of benzene rings is 1. The summed E-state index contributed by atoms with van der Waals surface area (Å²) in [6, 6.07) is 11.4. The highest BCUT2D eigenvalue weighted by atomic mass is 16.3. The van der Waals surface area contributed by atoms with E-state index in [1.54, 1.807) is 5.57 Å². The zero-order chi connectivity index (χ0) is 16.1. The van der Waals surface area contributed by atoms with E-state index in [-0.39, 0.29) is 12.6 Å². The van der Waals surface area contributed by atoms with E-state index in [1.165, 1.54) is 50.5 Å². The third-order valence-electron chi connectivity index (χ3n) is 5.74. The van der Waals surface area contributed by atoms with E-state index in [1.807, 2.05) is 0 Å². The van der Waals surface area contributed by atoms with Crippen LogP contribution < -0.4 is 0 Å². The maximum atomic E-state index is 10.1. The molecule has 0 saturated carbocycles. The highest BCUT2D eigenvalue weighted by Gasteiger charge is 2.38. The van der Waals surface area contributed by atoms with Crippen molar-refractivity contribution in [2.45, 2.75) is 64.0 Å². The molecular formula is C21H31NO. The first kappa shape index (κ1) is 16.7. The summed E-state index contributed by atoms with van der Waals surface area (Å²) in [5.41, 5.74) is 2.97. The van der Waals surface area contributed by atoms with Gasteiger partial charge < -0.3 is 5.11 Å². The SMILES string of the molecule is CCCCC1=CCC[C@@H]2[C@H]1CCCN2[C@@H](CO)c1ccccc1. The van der Waals surface area contributed by atoms with Gasteiger partial charge in [-0.15, -0.1) is 0 Å². The Labute approximate surface area is 141 Å². The summed E-state index contributed by atoms with van der Waals surface area (Å²) in [4.78, 5) is 2.61. The van der Waals surface area contributed by atoms with Gasteiger partial charge in [0.15, 0.2) is 0 Å². The summed E-state index contributed by atoms with van der Waals surface area (Å²) in [7, 11) is 0. The third-order valence-corrected chi connectivity index (χ3v) is 5.74. The van der Waals surface area contributed by atoms with Gasteiger partial charge in [0.05, 0.1) is 12.6 Å². The normalized spacial score (nSPS) is 26.4. The van der Waals surface area contributed by atoms with Crippen molar-refractivity contribution in [1.82, 2.24) is 4.90 Å². The van der Waals surface area contributed by atoms with Crippen molar-refractivity contribution in [2.24, 2.45) is 5.92 Å². The minimum absolute atomic E-state index is 0.162. The molecule has 0 spiro atoms. The van der Waals surface area contributed by atoms with Crippen LogP contribution in [0.3, 0.4) is 0 Å². The largest absolute Gasteiger partial charge is 0.394 e. The number of hydrogen-bond acceptors (Lipinski definition) is 2. The highest BCUT2D eigenvalue weighted by molar-refractivity contribution is 5.22. The number of nitrogens with zero attached hydrogens (tertiary/aromatic N) is 1. The third kappa shape index (κ3) is 3.70. The Morgan fingerprint density at radius 1 is 1.22 bits per heavy atom. The Bertz CT molecular complexity index is 510. The van der Waals surface area contributed by atoms with Crippen LogP contribution in [0.1, 0.15) is 63.5 Å². The van der Waals surface area contributed by atoms with Crippen LogP contribution in [0.4, 0.5) is 0 Å². The van der Waals surface area contributed by atoms with E-state index in [4.69, 9.17) is 0 Å². The molecule has 1 aromatic carbocycles. The van der Waals surface area contributed by atoms with Crippen molar-refractivity contribution in [3.05, 3.63) is 47.5 Å². The van der Waals surface area contributed by atoms with Gasteiger partial charge in [-0.2, -0.15) is 0 Å². The van der Waals surface area contributed by atoms with Crippen LogP contribution in [0.25, 0.3) is 0 Å². The van der Waals surface area contributed by atoms with Crippen molar-refractivity contribution in [3.63, 3.8) is 0 Å². The minimum Gasteiger partial charge on any atom is -0.394 e. The van der Waals surface area contributed by atoms with E-state index < -0.39 is 0 Å². The van der Waals surface area contributed by atoms with Crippen molar-refractivity contribution in [1.29, 1.82) is 0 Å². The number of aliphatic hydroxyl groups excluding tert-OH is 1. The minimum atomic E-state index is 0.162. The molecule has 0 amide bonds. The van der Waals surface area contributed by atoms with Crippen LogP contribution in [0.2, 0.25) is 0 Å². The lowest BCUT2D eigenvalue weighted by Crippen LogP contribution is -2.49. The highest BCUT2D eigenvalue weighted by Crippen LogP contribution is 2.41. The lowest BCUT2D eigenvalue weighted by molar-refractivity contribution is 0.0255. The number of fused-ring (bicyclic) bond motifs is 1. The van der Waals surface area contributed by atoms with E-state index in [2.05, 4.69) is 48.2 Å². The summed E-state index contributed by atoms with van der Waals surface area (Å²) in [6.07, 6.45) is 11.5. The first-order valence-corrected chi connectivity index (χ1v) is 9.45. The molecule has 0 bridgehead atoms. The fraction of sp³-hybridized carbons (Fsp3) is 0.619. The lowest BCUT2D eigenvalue weighted by Gasteiger charge is -2.48. The van der Waals surface area contributed by atoms with Crippen molar-refractivity contribution < 1.29 is 5.11 Å². The number of rotatable bonds is 6. The Morgan fingerprint density at radius 2 is 2.04 bits per heavy atom. The molecule has 1 aliphatic carbocycles. The van der Waals surface area contributed by atoms with Crippen LogP contribution >= 0.6 is 0 Å². The van der Waals surface area contributed by atoms with Gasteiger partial charge in [-0.3, -0.25) is 4.90 Å². The molecule has 1 N–H and O–H groups in total. The molecule has 1 saturated heterocycles. The van der Waals surface area contributed by atoms with Crippen molar-refractivity contribution >= 4 is 0 Å². The van der Waals surface area contributed by atoms with E-state index in [0.29, 0.717) is 6.04 Å². The van der Waals surface area contributed by atoms with Crippen molar-refractivity contribution in [3.8, 4) is 0 Å². The van der Waals surface area contributed by atoms with Crippen molar-refractivity contribution in [2.75, 3.05) is 13.2 Å². The number of likely N-dealkylation sites (tertiary alicyclic amines) is 1. The second kappa shape index (κ2) is 8.12. The monoisotopic (exact) mass is 313 g/mol. The summed E-state index contributed by atoms with van der Waals surface area (Å²) < 4.78 is 0. The standard InChI is InChI=1S/C21H31NO/c1-2-3-9-17-12-7-14-20-19(17)13-8-15-22(20)21(16-23)18-10-5-4-6-11-18/h4-6,10-12,19-21,23H,2-3,7-9,13-16H2,1H3/t19-,20+,21-/m0/s1. The lowest BCUT2D eigenvalue weighted by atomic mass is 9.75. The first-order valence-electron chi connectivity index (χ1n) is 9.45. The molecule has 3 atom stereocenters. The predicted molar refractivity (Wildman–Crippen MR) is 96.3 cm³/mol. The van der Waals surface area contributed by atoms with Gasteiger partial charge in [0.2, 0.25) is 0 Å². The summed E-state index contributed by atoms with van der Waals surface area (Å²) in [6.45, 7) is 3.63. The molecular weight excluding hydrogens is 282 g/mol. The fourth-order valence-corrected chi connectivity index (χ4v) is 4.61. The smallest absolute Gasteiger partial charge is 0.0628 e. The second-order valence-corrected chi connectivity index (χ2v) is 7.12. The zero-order valence-electron chi connectivity index (χ0n) is 14.5. The second-order valence-electron chi connectivity index (χ2n) is 7.12. The van der Waals surface area contributed by atoms with Crippen LogP contribution in [0, 0.1) is 5.92 Å². The van der Waals surface area contributed by atoms with Gasteiger partial charge in [-0.25, -0.2) is 0 Å². The maximum Gasteiger partial charge on any atom is 0.0628 e. The molecule has 126 valence electrons. The first-order chi connectivity index (χ1) is 11.3. The number of unbranched alkanes of at least 4 members (excludes halogenated alkanes) is 1. The molecule has 2 nitrogen and oxygen atoms in total. The molecule has 1 aliphatic heterocycles. The number of hydrogen-bond donors (Lipinski definition) is 1. The summed E-state index contributed by atoms with van der Waals surface area (Å²) in [5, 5.41) is 10.1. The van der Waals surface area contributed by atoms with Gasteiger partial charge in [0.25, 0.3) is 0 Å². The molecule has 0 aromatic heterocycles. The molecule has 3 rings (SSSR count). The molecule has 2 aliphatic rings. The Kier molecular flexibility index (Phi) is 5.91. The Balaban J connectivity index is 1.79. The Hall–Kier alpha value is -1.12. The summed E-state index contributed by atoms with van der Waals surface area (Å²) >= 11 is 0. The van der Waals surface area contributed by atoms with Crippen LogP contribution in [0.5, 0.6) is 0 Å². The molecule has 0 unspecified atom stereocenters. The van der Waals surface area contributed by atoms with Crippen LogP contribution in [-0.4, -0.2) is 29.2 Å².